The molecule has 39 heavy (non-hydrogen) atoms. The summed E-state index contributed by atoms with van der Waals surface area (Å²) in [6.07, 6.45) is 27.1. The van der Waals surface area contributed by atoms with E-state index in [1.165, 1.54) is 103 Å². The molecule has 2 rings (SSSR count). The zero-order valence-electron chi connectivity index (χ0n) is 25.6. The van der Waals surface area contributed by atoms with Gasteiger partial charge in [-0.25, -0.2) is 8.42 Å². The molecule has 0 aliphatic heterocycles. The van der Waals surface area contributed by atoms with E-state index in [1.807, 2.05) is 18.2 Å². The number of unbranched alkanes of at least 4 members (excludes halogenated alkanes) is 18. The summed E-state index contributed by atoms with van der Waals surface area (Å²) in [5.41, 5.74) is 1.98. The summed E-state index contributed by atoms with van der Waals surface area (Å²) >= 11 is 0. The molecule has 0 aromatic heterocycles. The van der Waals surface area contributed by atoms with E-state index in [1.54, 1.807) is 6.07 Å². The summed E-state index contributed by atoms with van der Waals surface area (Å²) in [7, 11) is -4.53. The van der Waals surface area contributed by atoms with Gasteiger partial charge in [-0.1, -0.05) is 154 Å². The fourth-order valence-corrected chi connectivity index (χ4v) is 6.49. The Bertz CT molecular complexity index is 1000. The van der Waals surface area contributed by atoms with Gasteiger partial charge in [0.2, 0.25) is 0 Å². The van der Waals surface area contributed by atoms with Crippen LogP contribution < -0.4 is 51.4 Å². The van der Waals surface area contributed by atoms with Crippen molar-refractivity contribution in [1.29, 1.82) is 0 Å². The molecule has 0 atom stereocenters. The van der Waals surface area contributed by atoms with E-state index in [0.29, 0.717) is 5.39 Å². The molecule has 0 radical (unpaired) electrons. The molecule has 0 saturated heterocycles. The second kappa shape index (κ2) is 22.8. The Morgan fingerprint density at radius 2 is 1.03 bits per heavy atom. The fourth-order valence-electron chi connectivity index (χ4n) is 5.69. The molecule has 2 aromatic rings. The predicted molar refractivity (Wildman–Crippen MR) is 163 cm³/mol. The molecule has 3 nitrogen and oxygen atoms in total. The smallest absolute Gasteiger partial charge is 0.744 e. The minimum atomic E-state index is -4.53. The van der Waals surface area contributed by atoms with Gasteiger partial charge in [0.25, 0.3) is 0 Å². The third-order valence-electron chi connectivity index (χ3n) is 7.97. The Balaban J connectivity index is 0.00000760. The van der Waals surface area contributed by atoms with Crippen LogP contribution >= 0.6 is 0 Å². The predicted octanol–water partition coefficient (Wildman–Crippen LogP) is 7.67. The summed E-state index contributed by atoms with van der Waals surface area (Å²) in [4.78, 5) is -0.0141. The van der Waals surface area contributed by atoms with Crippen LogP contribution in [0.2, 0.25) is 0 Å². The summed E-state index contributed by atoms with van der Waals surface area (Å²) in [6, 6.07) is 9.76. The monoisotopic (exact) mass is 582 g/mol. The van der Waals surface area contributed by atoms with Crippen molar-refractivity contribution in [3.8, 4) is 0 Å². The van der Waals surface area contributed by atoms with E-state index in [9.17, 15) is 13.0 Å². The first-order chi connectivity index (χ1) is 18.5. The maximum atomic E-state index is 12.3. The van der Waals surface area contributed by atoms with E-state index in [4.69, 9.17) is 0 Å². The van der Waals surface area contributed by atoms with E-state index in [-0.39, 0.29) is 56.3 Å². The molecule has 0 bridgehead atoms. The van der Waals surface area contributed by atoms with Crippen LogP contribution in [0.1, 0.15) is 153 Å². The second-order valence-corrected chi connectivity index (χ2v) is 12.8. The number of rotatable bonds is 23. The molecule has 0 aliphatic carbocycles. The summed E-state index contributed by atoms with van der Waals surface area (Å²) in [5, 5.41) is 1.55. The first-order valence-electron chi connectivity index (χ1n) is 16.0. The SMILES string of the molecule is CCCCCCCCCCCCc1cc(S(=O)(=O)[O-])c2c(CCCCCCCCCCCC)cccc2c1.[K+]. The zero-order chi connectivity index (χ0) is 27.5. The first-order valence-corrected chi connectivity index (χ1v) is 17.4. The molecule has 0 N–H and O–H groups in total. The Labute approximate surface area is 283 Å². The van der Waals surface area contributed by atoms with Crippen molar-refractivity contribution in [2.24, 2.45) is 0 Å². The largest absolute Gasteiger partial charge is 1.00 e. The van der Waals surface area contributed by atoms with Crippen LogP contribution in [0.3, 0.4) is 0 Å². The topological polar surface area (TPSA) is 57.2 Å². The molecule has 0 unspecified atom stereocenters. The van der Waals surface area contributed by atoms with Crippen molar-refractivity contribution >= 4 is 20.9 Å². The molecular weight excluding hydrogens is 528 g/mol. The number of hydrogen-bond acceptors (Lipinski definition) is 3. The van der Waals surface area contributed by atoms with E-state index >= 15 is 0 Å². The van der Waals surface area contributed by atoms with Crippen LogP contribution in [0, 0.1) is 0 Å². The maximum absolute atomic E-state index is 12.3. The molecule has 0 heterocycles. The number of benzene rings is 2. The van der Waals surface area contributed by atoms with Gasteiger partial charge in [-0.3, -0.25) is 0 Å². The Hall–Kier alpha value is 0.246. The van der Waals surface area contributed by atoms with Crippen LogP contribution in [-0.4, -0.2) is 13.0 Å². The van der Waals surface area contributed by atoms with Gasteiger partial charge >= 0.3 is 51.4 Å². The van der Waals surface area contributed by atoms with Crippen LogP contribution in [0.15, 0.2) is 35.2 Å². The Morgan fingerprint density at radius 3 is 1.49 bits per heavy atom. The molecule has 0 aliphatic rings. The van der Waals surface area contributed by atoms with Crippen molar-refractivity contribution in [3.05, 3.63) is 41.5 Å². The second-order valence-electron chi connectivity index (χ2n) is 11.4. The molecule has 0 saturated carbocycles. The maximum Gasteiger partial charge on any atom is 1.00 e. The van der Waals surface area contributed by atoms with Gasteiger partial charge in [0.1, 0.15) is 10.1 Å². The minimum absolute atomic E-state index is 0. The molecule has 5 heteroatoms. The molecular formula is C34H55KO3S. The van der Waals surface area contributed by atoms with Crippen molar-refractivity contribution in [3.63, 3.8) is 0 Å². The fraction of sp³-hybridized carbons (Fsp3) is 0.706. The van der Waals surface area contributed by atoms with E-state index in [0.717, 1.165) is 55.0 Å². The van der Waals surface area contributed by atoms with Gasteiger partial charge in [0.15, 0.2) is 0 Å². The van der Waals surface area contributed by atoms with E-state index in [2.05, 4.69) is 19.9 Å². The third-order valence-corrected chi connectivity index (χ3v) is 8.84. The Morgan fingerprint density at radius 1 is 0.590 bits per heavy atom. The average molecular weight is 583 g/mol. The van der Waals surface area contributed by atoms with Crippen LogP contribution in [-0.2, 0) is 23.0 Å². The van der Waals surface area contributed by atoms with Gasteiger partial charge in [-0.2, -0.15) is 0 Å². The summed E-state index contributed by atoms with van der Waals surface area (Å²) < 4.78 is 36.8. The van der Waals surface area contributed by atoms with Gasteiger partial charge in [-0.05, 0) is 48.3 Å². The third kappa shape index (κ3) is 15.9. The Kier molecular flexibility index (Phi) is 21.8. The van der Waals surface area contributed by atoms with Crippen LogP contribution in [0.25, 0.3) is 10.8 Å². The van der Waals surface area contributed by atoms with Crippen LogP contribution in [0.4, 0.5) is 0 Å². The number of hydrogen-bond donors (Lipinski definition) is 0. The van der Waals surface area contributed by atoms with Crippen molar-refractivity contribution in [2.75, 3.05) is 0 Å². The molecule has 0 spiro atoms. The van der Waals surface area contributed by atoms with Crippen molar-refractivity contribution in [2.45, 2.75) is 160 Å². The standard InChI is InChI=1S/C34H56O3S.K/c1-3-5-7-9-11-13-15-17-19-21-24-30-28-32-27-23-26-31(34(32)33(29-30)38(35,36)37)25-22-20-18-16-14-12-10-8-6-4-2;/h23,26-29H,3-22,24-25H2,1-2H3,(H,35,36,37);/q;+1/p-1. The van der Waals surface area contributed by atoms with Crippen molar-refractivity contribution in [1.82, 2.24) is 0 Å². The quantitative estimate of drug-likeness (QED) is 0.0767. The van der Waals surface area contributed by atoms with Gasteiger partial charge < -0.3 is 4.55 Å². The first kappa shape index (κ1) is 37.3. The number of aryl methyl sites for hydroxylation is 2. The molecule has 0 fully saturated rings. The zero-order valence-corrected chi connectivity index (χ0v) is 29.5. The summed E-state index contributed by atoms with van der Waals surface area (Å²) in [6.45, 7) is 4.51. The van der Waals surface area contributed by atoms with E-state index < -0.39 is 10.1 Å². The van der Waals surface area contributed by atoms with Crippen molar-refractivity contribution < 1.29 is 64.4 Å². The van der Waals surface area contributed by atoms with Crippen LogP contribution in [0.5, 0.6) is 0 Å². The minimum Gasteiger partial charge on any atom is -0.744 e. The number of fused-ring (bicyclic) bond motifs is 1. The summed E-state index contributed by atoms with van der Waals surface area (Å²) in [5.74, 6) is 0. The molecule has 0 amide bonds. The normalized spacial score (nSPS) is 11.7. The van der Waals surface area contributed by atoms with Gasteiger partial charge in [0, 0.05) is 5.39 Å². The van der Waals surface area contributed by atoms with Gasteiger partial charge in [0.05, 0.1) is 4.90 Å². The van der Waals surface area contributed by atoms with Gasteiger partial charge in [-0.15, -0.1) is 0 Å². The molecule has 2 aromatic carbocycles. The molecule has 216 valence electrons. The average Bonchev–Trinajstić information content (AvgIpc) is 2.89.